The number of hydrogen-bond donors (Lipinski definition) is 0. The number of halogens is 1. The Hall–Kier alpha value is -1.49. The number of benzene rings is 4. The fourth-order valence-corrected chi connectivity index (χ4v) is 8.33. The van der Waals surface area contributed by atoms with E-state index < -0.39 is 15.8 Å². The van der Waals surface area contributed by atoms with E-state index >= 15 is 0 Å². The first-order valence-corrected chi connectivity index (χ1v) is 15.5. The fraction of sp³-hybridized carbons (Fsp3) is 0. The van der Waals surface area contributed by atoms with Crippen molar-refractivity contribution < 1.29 is 20.0 Å². The Morgan fingerprint density at radius 3 is 0.800 bits per heavy atom. The average Bonchev–Trinajstić information content (AvgIpc) is 2.85. The first-order chi connectivity index (χ1) is 14.9. The van der Waals surface area contributed by atoms with E-state index in [0.717, 1.165) is 0 Å². The molecule has 0 atom stereocenters. The van der Waals surface area contributed by atoms with E-state index in [1.807, 2.05) is 0 Å². The van der Waals surface area contributed by atoms with Gasteiger partial charge >= 0.3 is 29.2 Å². The van der Waals surface area contributed by atoms with Crippen molar-refractivity contribution in [1.29, 1.82) is 0 Å². The van der Waals surface area contributed by atoms with Crippen LogP contribution in [0.2, 0.25) is 0 Å². The van der Waals surface area contributed by atoms with E-state index in [0.29, 0.717) is 0 Å². The van der Waals surface area contributed by atoms with E-state index in [9.17, 15) is 0 Å². The van der Waals surface area contributed by atoms with Gasteiger partial charge in [0.1, 0.15) is 32.9 Å². The van der Waals surface area contributed by atoms with Gasteiger partial charge in [-0.15, -0.1) is 0 Å². The van der Waals surface area contributed by atoms with Gasteiger partial charge in [-0.3, -0.25) is 0 Å². The summed E-state index contributed by atoms with van der Waals surface area (Å²) in [5.41, 5.74) is 0. The molecule has 4 rings (SSSR count). The van der Waals surface area contributed by atoms with Crippen molar-refractivity contribution in [3.05, 3.63) is 133 Å². The van der Waals surface area contributed by atoms with Crippen LogP contribution in [-0.2, 0) is 20.0 Å². The van der Waals surface area contributed by atoms with E-state index in [4.69, 9.17) is 0 Å². The second kappa shape index (κ2) is 13.0. The maximum atomic E-state index is 4.58. The molecule has 0 amide bonds. The molecule has 0 aliphatic rings. The van der Waals surface area contributed by atoms with Crippen LogP contribution in [0.4, 0.5) is 0 Å². The van der Waals surface area contributed by atoms with Gasteiger partial charge < -0.3 is 0 Å². The van der Waals surface area contributed by atoms with Gasteiger partial charge in [0.05, 0.1) is 15.8 Å². The van der Waals surface area contributed by atoms with Gasteiger partial charge in [0.25, 0.3) is 0 Å². The van der Waals surface area contributed by atoms with Crippen LogP contribution >= 0.6 is 25.0 Å². The third kappa shape index (κ3) is 6.50. The first kappa shape index (κ1) is 23.2. The standard InChI is InChI=1S/C26H22P2.Au.ClH/c1-5-13-23(14-6-1)27(24-15-7-2-8-16-24)21-22-28(25-17-9-3-10-18-25)26-19-11-4-12-20-26;;/h1-22H;;1H/q;+1;/p+1/b22-21-;;. The molecule has 154 valence electrons. The summed E-state index contributed by atoms with van der Waals surface area (Å²) in [6.45, 7) is 0. The molecule has 0 aliphatic heterocycles. The van der Waals surface area contributed by atoms with Gasteiger partial charge in [0, 0.05) is 0 Å². The van der Waals surface area contributed by atoms with Crippen LogP contribution in [0.5, 0.6) is 0 Å². The Kier molecular flexibility index (Phi) is 10.1. The van der Waals surface area contributed by atoms with Gasteiger partial charge in [-0.2, -0.15) is 0 Å². The van der Waals surface area contributed by atoms with E-state index in [1.165, 1.54) is 21.2 Å². The zero-order valence-corrected chi connectivity index (χ0v) is 21.3. The van der Waals surface area contributed by atoms with Gasteiger partial charge in [0.2, 0.25) is 0 Å². The van der Waals surface area contributed by atoms with Crippen molar-refractivity contribution in [3.8, 4) is 0 Å². The molecule has 4 aromatic rings. The second-order valence-corrected chi connectivity index (χ2v) is 11.3. The van der Waals surface area contributed by atoms with Gasteiger partial charge in [-0.25, -0.2) is 0 Å². The molecule has 0 aromatic heterocycles. The van der Waals surface area contributed by atoms with Crippen LogP contribution in [0.1, 0.15) is 0 Å². The van der Waals surface area contributed by atoms with Crippen LogP contribution in [0.3, 0.4) is 0 Å². The Morgan fingerprint density at radius 1 is 0.400 bits per heavy atom. The van der Waals surface area contributed by atoms with Crippen molar-refractivity contribution in [2.45, 2.75) is 0 Å². The van der Waals surface area contributed by atoms with Crippen molar-refractivity contribution in [2.75, 3.05) is 0 Å². The molecule has 30 heavy (non-hydrogen) atoms. The summed E-state index contributed by atoms with van der Waals surface area (Å²) in [5.74, 6) is 5.01. The average molecular weight is 631 g/mol. The maximum absolute atomic E-state index is 4.58. The summed E-state index contributed by atoms with van der Waals surface area (Å²) in [6.07, 6.45) is 0. The van der Waals surface area contributed by atoms with Gasteiger partial charge in [-0.05, 0) is 48.5 Å². The van der Waals surface area contributed by atoms with Crippen LogP contribution in [-0.4, -0.2) is 0 Å². The summed E-state index contributed by atoms with van der Waals surface area (Å²) in [5, 5.41) is 5.71. The zero-order chi connectivity index (χ0) is 21.0. The monoisotopic (exact) mass is 630 g/mol. The van der Waals surface area contributed by atoms with Gasteiger partial charge in [-0.1, -0.05) is 72.8 Å². The van der Waals surface area contributed by atoms with Crippen LogP contribution in [0, 0.1) is 0 Å². The van der Waals surface area contributed by atoms with Gasteiger partial charge in [0.15, 0.2) is 0 Å². The molecule has 0 spiro atoms. The Morgan fingerprint density at radius 2 is 0.600 bits per heavy atom. The molecule has 0 radical (unpaired) electrons. The summed E-state index contributed by atoms with van der Waals surface area (Å²) in [6, 6.07) is 43.7. The third-order valence-electron chi connectivity index (χ3n) is 4.76. The molecule has 0 fully saturated rings. The van der Waals surface area contributed by atoms with Crippen molar-refractivity contribution in [3.63, 3.8) is 0 Å². The molecular weight excluding hydrogens is 607 g/mol. The van der Waals surface area contributed by atoms with Crippen LogP contribution in [0.15, 0.2) is 133 Å². The number of hydrogen-bond acceptors (Lipinski definition) is 0. The molecule has 4 heteroatoms. The second-order valence-electron chi connectivity index (χ2n) is 6.62. The first-order valence-electron chi connectivity index (χ1n) is 9.67. The summed E-state index contributed by atoms with van der Waals surface area (Å²) >= 11 is 1.75. The predicted molar refractivity (Wildman–Crippen MR) is 136 cm³/mol. The summed E-state index contributed by atoms with van der Waals surface area (Å²) < 4.78 is 0. The predicted octanol–water partition coefficient (Wildman–Crippen LogP) is 5.88. The quantitative estimate of drug-likeness (QED) is 0.185. The topological polar surface area (TPSA) is 0 Å². The Bertz CT molecular complexity index is 846. The molecular formula is C26H24AuClP2+2. The molecule has 0 N–H and O–H groups in total. The molecule has 0 unspecified atom stereocenters. The zero-order valence-electron chi connectivity index (χ0n) is 16.4. The summed E-state index contributed by atoms with van der Waals surface area (Å²) in [4.78, 5) is 0. The minimum atomic E-state index is -0.964. The molecule has 0 saturated carbocycles. The Balaban J connectivity index is 0.00000124. The van der Waals surface area contributed by atoms with Crippen molar-refractivity contribution >= 4 is 46.3 Å². The van der Waals surface area contributed by atoms with Crippen LogP contribution in [0.25, 0.3) is 0 Å². The normalized spacial score (nSPS) is 10.8. The van der Waals surface area contributed by atoms with Crippen molar-refractivity contribution in [1.82, 2.24) is 0 Å². The number of rotatable bonds is 6. The Labute approximate surface area is 198 Å². The fourth-order valence-electron chi connectivity index (χ4n) is 3.36. The molecule has 0 heterocycles. The SMILES string of the molecule is C(=C/[PH+](c1ccccc1)c1ccccc1)/[PH+](c1ccccc1)c1ccccc1.[Cl][Au]. The van der Waals surface area contributed by atoms with E-state index in [2.05, 4.69) is 142 Å². The summed E-state index contributed by atoms with van der Waals surface area (Å²) in [7, 11) is 2.66. The third-order valence-corrected chi connectivity index (χ3v) is 9.91. The minimum absolute atomic E-state index is 0.964. The molecule has 0 nitrogen and oxygen atoms in total. The molecule has 0 bridgehead atoms. The van der Waals surface area contributed by atoms with Crippen LogP contribution < -0.4 is 21.2 Å². The van der Waals surface area contributed by atoms with E-state index in [-0.39, 0.29) is 0 Å². The molecule has 0 saturated heterocycles. The molecule has 0 aliphatic carbocycles. The molecule has 4 aromatic carbocycles. The van der Waals surface area contributed by atoms with Crippen molar-refractivity contribution in [2.24, 2.45) is 0 Å². The van der Waals surface area contributed by atoms with E-state index in [1.54, 1.807) is 20.0 Å².